The first-order valence-electron chi connectivity index (χ1n) is 13.4. The van der Waals surface area contributed by atoms with Crippen LogP contribution in [0.3, 0.4) is 0 Å². The third kappa shape index (κ3) is 7.59. The fourth-order valence-corrected chi connectivity index (χ4v) is 5.95. The number of hydrogen-bond donors (Lipinski definition) is 1. The van der Waals surface area contributed by atoms with E-state index in [4.69, 9.17) is 9.47 Å². The van der Waals surface area contributed by atoms with Gasteiger partial charge >= 0.3 is 0 Å². The van der Waals surface area contributed by atoms with E-state index in [0.717, 1.165) is 14.3 Å². The van der Waals surface area contributed by atoms with E-state index in [-0.39, 0.29) is 29.0 Å². The molecule has 0 unspecified atom stereocenters. The molecule has 3 aromatic carbocycles. The van der Waals surface area contributed by atoms with E-state index < -0.39 is 28.5 Å². The Morgan fingerprint density at radius 1 is 0.927 bits per heavy atom. The van der Waals surface area contributed by atoms with E-state index in [1.54, 1.807) is 43.3 Å². The maximum Gasteiger partial charge on any atom is 0.264 e. The number of sulfonamides is 1. The number of carbonyl (C=O) groups excluding carboxylic acids is 2. The van der Waals surface area contributed by atoms with Gasteiger partial charge in [0.15, 0.2) is 11.5 Å². The molecule has 0 bridgehead atoms. The van der Waals surface area contributed by atoms with Crippen molar-refractivity contribution in [3.63, 3.8) is 0 Å². The van der Waals surface area contributed by atoms with Crippen molar-refractivity contribution in [2.45, 2.75) is 38.3 Å². The predicted molar refractivity (Wildman–Crippen MR) is 160 cm³/mol. The number of halogens is 1. The van der Waals surface area contributed by atoms with Gasteiger partial charge in [0.25, 0.3) is 10.0 Å². The Balaban J connectivity index is 1.71. The molecule has 41 heavy (non-hydrogen) atoms. The highest BCUT2D eigenvalue weighted by atomic mass is 79.9. The quantitative estimate of drug-likeness (QED) is 0.327. The minimum atomic E-state index is -4.17. The molecule has 9 nitrogen and oxygen atoms in total. The third-order valence-electron chi connectivity index (χ3n) is 6.54. The van der Waals surface area contributed by atoms with Gasteiger partial charge in [0, 0.05) is 23.6 Å². The number of carbonyl (C=O) groups is 2. The van der Waals surface area contributed by atoms with Gasteiger partial charge in [0.1, 0.15) is 25.8 Å². The average molecular weight is 645 g/mol. The van der Waals surface area contributed by atoms with Crippen LogP contribution in [0, 0.1) is 5.92 Å². The Hall–Kier alpha value is -3.57. The number of rotatable bonds is 11. The Labute approximate surface area is 249 Å². The Bertz CT molecular complexity index is 1470. The van der Waals surface area contributed by atoms with Gasteiger partial charge in [-0.1, -0.05) is 60.1 Å². The van der Waals surface area contributed by atoms with E-state index in [9.17, 15) is 18.0 Å². The van der Waals surface area contributed by atoms with E-state index >= 15 is 0 Å². The minimum absolute atomic E-state index is 0.0323. The van der Waals surface area contributed by atoms with Gasteiger partial charge in [-0.15, -0.1) is 0 Å². The highest BCUT2D eigenvalue weighted by Crippen LogP contribution is 2.36. The summed E-state index contributed by atoms with van der Waals surface area (Å²) in [5.41, 5.74) is 1.04. The second-order valence-corrected chi connectivity index (χ2v) is 12.9. The zero-order chi connectivity index (χ0) is 29.6. The summed E-state index contributed by atoms with van der Waals surface area (Å²) in [5.74, 6) is 0.261. The molecule has 2 amide bonds. The number of hydrogen-bond acceptors (Lipinski definition) is 6. The van der Waals surface area contributed by atoms with Crippen molar-refractivity contribution in [1.82, 2.24) is 10.2 Å². The summed E-state index contributed by atoms with van der Waals surface area (Å²) >= 11 is 3.42. The summed E-state index contributed by atoms with van der Waals surface area (Å²) in [5, 5.41) is 2.88. The first-order chi connectivity index (χ1) is 19.6. The first-order valence-corrected chi connectivity index (χ1v) is 15.6. The fraction of sp³-hybridized carbons (Fsp3) is 0.333. The van der Waals surface area contributed by atoms with Crippen LogP contribution in [-0.2, 0) is 26.2 Å². The monoisotopic (exact) mass is 643 g/mol. The molecule has 1 N–H and O–H groups in total. The van der Waals surface area contributed by atoms with Crippen LogP contribution in [0.5, 0.6) is 11.5 Å². The zero-order valence-corrected chi connectivity index (χ0v) is 25.7. The van der Waals surface area contributed by atoms with Crippen molar-refractivity contribution in [3.8, 4) is 11.5 Å². The molecule has 4 rings (SSSR count). The van der Waals surface area contributed by atoms with Crippen LogP contribution in [0.2, 0.25) is 0 Å². The van der Waals surface area contributed by atoms with E-state index in [0.29, 0.717) is 31.3 Å². The van der Waals surface area contributed by atoms with Crippen LogP contribution in [-0.4, -0.2) is 57.5 Å². The van der Waals surface area contributed by atoms with Crippen LogP contribution >= 0.6 is 15.9 Å². The molecule has 3 aromatic rings. The molecule has 1 aliphatic rings. The van der Waals surface area contributed by atoms with Crippen molar-refractivity contribution < 1.29 is 27.5 Å². The lowest BCUT2D eigenvalue weighted by molar-refractivity contribution is -0.139. The van der Waals surface area contributed by atoms with E-state index in [2.05, 4.69) is 21.2 Å². The lowest BCUT2D eigenvalue weighted by atomic mass is 10.1. The van der Waals surface area contributed by atoms with E-state index in [1.807, 2.05) is 38.1 Å². The minimum Gasteiger partial charge on any atom is -0.486 e. The van der Waals surface area contributed by atoms with Crippen molar-refractivity contribution >= 4 is 43.5 Å². The molecular weight excluding hydrogens is 610 g/mol. The van der Waals surface area contributed by atoms with Crippen LogP contribution < -0.4 is 19.1 Å². The maximum absolute atomic E-state index is 14.0. The number of nitrogens with one attached hydrogen (secondary N) is 1. The van der Waals surface area contributed by atoms with Crippen LogP contribution in [0.25, 0.3) is 0 Å². The highest BCUT2D eigenvalue weighted by Gasteiger charge is 2.33. The van der Waals surface area contributed by atoms with E-state index in [1.165, 1.54) is 17.0 Å². The Morgan fingerprint density at radius 2 is 1.59 bits per heavy atom. The summed E-state index contributed by atoms with van der Waals surface area (Å²) in [4.78, 5) is 28.6. The largest absolute Gasteiger partial charge is 0.486 e. The number of benzene rings is 3. The van der Waals surface area contributed by atoms with Gasteiger partial charge in [0.05, 0.1) is 10.6 Å². The summed E-state index contributed by atoms with van der Waals surface area (Å²) in [7, 11) is -4.17. The Kier molecular flexibility index (Phi) is 9.93. The van der Waals surface area contributed by atoms with Gasteiger partial charge in [-0.05, 0) is 54.8 Å². The van der Waals surface area contributed by atoms with Gasteiger partial charge < -0.3 is 19.7 Å². The van der Waals surface area contributed by atoms with Crippen molar-refractivity contribution in [2.75, 3.05) is 30.6 Å². The van der Waals surface area contributed by atoms with Gasteiger partial charge in [0.2, 0.25) is 11.8 Å². The maximum atomic E-state index is 14.0. The highest BCUT2D eigenvalue weighted by molar-refractivity contribution is 9.10. The molecule has 0 radical (unpaired) electrons. The normalized spacial score (nSPS) is 13.4. The zero-order valence-electron chi connectivity index (χ0n) is 23.2. The third-order valence-corrected chi connectivity index (χ3v) is 8.86. The van der Waals surface area contributed by atoms with Crippen molar-refractivity contribution in [1.29, 1.82) is 0 Å². The smallest absolute Gasteiger partial charge is 0.264 e. The Morgan fingerprint density at radius 3 is 2.24 bits per heavy atom. The molecule has 0 saturated heterocycles. The molecule has 0 aliphatic carbocycles. The van der Waals surface area contributed by atoms with Crippen LogP contribution in [0.4, 0.5) is 5.69 Å². The lowest BCUT2D eigenvalue weighted by Gasteiger charge is -2.32. The topological polar surface area (TPSA) is 105 Å². The summed E-state index contributed by atoms with van der Waals surface area (Å²) in [6.07, 6.45) is 0. The molecule has 0 spiro atoms. The molecule has 1 aliphatic heterocycles. The second kappa shape index (κ2) is 13.4. The number of ether oxygens (including phenoxy) is 2. The lowest BCUT2D eigenvalue weighted by Crippen LogP contribution is -2.51. The molecule has 1 atom stereocenters. The molecule has 0 aromatic heterocycles. The van der Waals surface area contributed by atoms with Gasteiger partial charge in [-0.25, -0.2) is 8.42 Å². The van der Waals surface area contributed by atoms with Crippen molar-refractivity contribution in [2.24, 2.45) is 5.92 Å². The SMILES string of the molecule is CC(C)CNC(=O)[C@H](C)N(Cc1ccc(Br)cc1)C(=O)CN(c1ccc2c(c1)OCCO2)S(=O)(=O)c1ccccc1. The van der Waals surface area contributed by atoms with Crippen molar-refractivity contribution in [3.05, 3.63) is 82.8 Å². The summed E-state index contributed by atoms with van der Waals surface area (Å²) < 4.78 is 41.1. The summed E-state index contributed by atoms with van der Waals surface area (Å²) in [6, 6.07) is 19.2. The first kappa shape index (κ1) is 30.4. The number of amides is 2. The summed E-state index contributed by atoms with van der Waals surface area (Å²) in [6.45, 7) is 6.35. The number of fused-ring (bicyclic) bond motifs is 1. The fourth-order valence-electron chi connectivity index (χ4n) is 4.26. The average Bonchev–Trinajstić information content (AvgIpc) is 2.98. The molecule has 218 valence electrons. The number of anilines is 1. The van der Waals surface area contributed by atoms with Crippen LogP contribution in [0.1, 0.15) is 26.3 Å². The standard InChI is InChI=1S/C30H34BrN3O6S/c1-21(2)18-32-30(36)22(3)33(19-23-9-11-24(31)12-10-23)29(35)20-34(41(37,38)26-7-5-4-6-8-26)25-13-14-27-28(17-25)40-16-15-39-27/h4-14,17,21-22H,15-16,18-20H2,1-3H3,(H,32,36)/t22-/m0/s1. The van der Waals surface area contributed by atoms with Crippen LogP contribution in [0.15, 0.2) is 82.2 Å². The second-order valence-electron chi connectivity index (χ2n) is 10.1. The van der Waals surface area contributed by atoms with Gasteiger partial charge in [-0.2, -0.15) is 0 Å². The molecule has 11 heteroatoms. The predicted octanol–water partition coefficient (Wildman–Crippen LogP) is 4.61. The number of nitrogens with zero attached hydrogens (tertiary/aromatic N) is 2. The van der Waals surface area contributed by atoms with Gasteiger partial charge in [-0.3, -0.25) is 13.9 Å². The molecular formula is C30H34BrN3O6S. The molecule has 0 fully saturated rings. The molecule has 1 heterocycles. The molecule has 0 saturated carbocycles.